The minimum Gasteiger partial charge on any atom is -0.462 e. The summed E-state index contributed by atoms with van der Waals surface area (Å²) in [7, 11) is 0. The second-order valence-corrected chi connectivity index (χ2v) is 17.4. The van der Waals surface area contributed by atoms with Gasteiger partial charge in [-0.2, -0.15) is 0 Å². The standard InChI is InChI=1S/C55H98O6/c1-4-7-10-13-16-19-22-25-27-28-29-31-33-36-39-42-45-48-54(57)60-51-52(50-59-53(56)47-44-41-38-35-32-24-21-18-15-12-9-6-3)61-55(58)49-46-43-40-37-34-30-26-23-20-17-14-11-8-5-2/h7,10,16,19,23,25-27,52H,4-6,8-9,11-15,17-18,20-22,24,28-51H2,1-3H3/b10-7-,19-16-,26-23-,27-25-. The Kier molecular flexibility index (Phi) is 47.9. The molecule has 0 amide bonds. The van der Waals surface area contributed by atoms with Gasteiger partial charge in [0.15, 0.2) is 6.10 Å². The van der Waals surface area contributed by atoms with Gasteiger partial charge in [0.25, 0.3) is 0 Å². The van der Waals surface area contributed by atoms with Crippen molar-refractivity contribution in [3.8, 4) is 0 Å². The van der Waals surface area contributed by atoms with E-state index in [-0.39, 0.29) is 31.1 Å². The first kappa shape index (κ1) is 58.4. The van der Waals surface area contributed by atoms with Crippen molar-refractivity contribution in [2.24, 2.45) is 0 Å². The van der Waals surface area contributed by atoms with Crippen LogP contribution >= 0.6 is 0 Å². The van der Waals surface area contributed by atoms with Crippen LogP contribution in [0.4, 0.5) is 0 Å². The van der Waals surface area contributed by atoms with E-state index in [1.54, 1.807) is 0 Å². The van der Waals surface area contributed by atoms with E-state index >= 15 is 0 Å². The number of esters is 3. The van der Waals surface area contributed by atoms with Crippen molar-refractivity contribution in [2.45, 2.75) is 271 Å². The van der Waals surface area contributed by atoms with Gasteiger partial charge in [0.1, 0.15) is 13.2 Å². The van der Waals surface area contributed by atoms with Crippen LogP contribution in [0.2, 0.25) is 0 Å². The Balaban J connectivity index is 4.37. The lowest BCUT2D eigenvalue weighted by atomic mass is 10.0. The molecule has 0 aliphatic heterocycles. The molecule has 6 nitrogen and oxygen atoms in total. The van der Waals surface area contributed by atoms with E-state index < -0.39 is 6.10 Å². The predicted octanol–water partition coefficient (Wildman–Crippen LogP) is 17.1. The number of rotatable bonds is 47. The molecular formula is C55H98O6. The molecule has 0 spiro atoms. The molecule has 0 fully saturated rings. The zero-order valence-corrected chi connectivity index (χ0v) is 40.4. The molecule has 0 rings (SSSR count). The lowest BCUT2D eigenvalue weighted by Gasteiger charge is -2.18. The number of carbonyl (C=O) groups is 3. The van der Waals surface area contributed by atoms with Crippen LogP contribution in [0.1, 0.15) is 265 Å². The maximum Gasteiger partial charge on any atom is 0.306 e. The molecule has 6 heteroatoms. The Hall–Kier alpha value is -2.63. The molecule has 0 radical (unpaired) electrons. The smallest absolute Gasteiger partial charge is 0.306 e. The Morgan fingerprint density at radius 3 is 1.02 bits per heavy atom. The van der Waals surface area contributed by atoms with Crippen molar-refractivity contribution in [1.29, 1.82) is 0 Å². The molecule has 0 N–H and O–H groups in total. The summed E-state index contributed by atoms with van der Waals surface area (Å²) in [6, 6.07) is 0. The van der Waals surface area contributed by atoms with Crippen LogP contribution in [-0.2, 0) is 28.6 Å². The van der Waals surface area contributed by atoms with Gasteiger partial charge in [0, 0.05) is 19.3 Å². The summed E-state index contributed by atoms with van der Waals surface area (Å²) in [5.41, 5.74) is 0. The average Bonchev–Trinajstić information content (AvgIpc) is 3.26. The third-order valence-corrected chi connectivity index (χ3v) is 11.3. The normalized spacial score (nSPS) is 12.4. The van der Waals surface area contributed by atoms with Gasteiger partial charge in [-0.1, -0.05) is 217 Å². The summed E-state index contributed by atoms with van der Waals surface area (Å²) < 4.78 is 16.8. The fourth-order valence-electron chi connectivity index (χ4n) is 7.39. The third kappa shape index (κ3) is 48.3. The summed E-state index contributed by atoms with van der Waals surface area (Å²) in [4.78, 5) is 38.0. The van der Waals surface area contributed by atoms with Crippen molar-refractivity contribution >= 4 is 17.9 Å². The fourth-order valence-corrected chi connectivity index (χ4v) is 7.39. The monoisotopic (exact) mass is 855 g/mol. The molecule has 0 aliphatic carbocycles. The molecule has 354 valence electrons. The highest BCUT2D eigenvalue weighted by Crippen LogP contribution is 2.15. The van der Waals surface area contributed by atoms with Crippen LogP contribution in [0.25, 0.3) is 0 Å². The van der Waals surface area contributed by atoms with Gasteiger partial charge in [-0.15, -0.1) is 0 Å². The highest BCUT2D eigenvalue weighted by Gasteiger charge is 2.19. The summed E-state index contributed by atoms with van der Waals surface area (Å²) in [6.07, 6.45) is 59.5. The summed E-state index contributed by atoms with van der Waals surface area (Å²) in [6.45, 7) is 6.51. The van der Waals surface area contributed by atoms with Crippen molar-refractivity contribution in [1.82, 2.24) is 0 Å². The molecule has 0 saturated carbocycles. The molecule has 0 saturated heterocycles. The van der Waals surface area contributed by atoms with Gasteiger partial charge in [0.2, 0.25) is 0 Å². The van der Waals surface area contributed by atoms with Gasteiger partial charge in [-0.25, -0.2) is 0 Å². The average molecular weight is 855 g/mol. The summed E-state index contributed by atoms with van der Waals surface area (Å²) >= 11 is 0. The maximum atomic E-state index is 12.8. The molecule has 0 aromatic heterocycles. The lowest BCUT2D eigenvalue weighted by molar-refractivity contribution is -0.167. The van der Waals surface area contributed by atoms with E-state index in [1.165, 1.54) is 128 Å². The van der Waals surface area contributed by atoms with E-state index in [0.717, 1.165) is 96.3 Å². The van der Waals surface area contributed by atoms with E-state index in [0.29, 0.717) is 19.3 Å². The predicted molar refractivity (Wildman–Crippen MR) is 261 cm³/mol. The zero-order valence-electron chi connectivity index (χ0n) is 40.4. The molecule has 0 aromatic carbocycles. The first-order chi connectivity index (χ1) is 30.0. The van der Waals surface area contributed by atoms with Crippen molar-refractivity contribution in [3.05, 3.63) is 48.6 Å². The molecule has 0 aliphatic rings. The van der Waals surface area contributed by atoms with E-state index in [1.807, 2.05) is 0 Å². The first-order valence-corrected chi connectivity index (χ1v) is 26.1. The van der Waals surface area contributed by atoms with Gasteiger partial charge in [-0.05, 0) is 77.0 Å². The van der Waals surface area contributed by atoms with Gasteiger partial charge < -0.3 is 14.2 Å². The van der Waals surface area contributed by atoms with Crippen LogP contribution in [0.5, 0.6) is 0 Å². The Morgan fingerprint density at radius 1 is 0.344 bits per heavy atom. The molecular weight excluding hydrogens is 757 g/mol. The maximum absolute atomic E-state index is 12.8. The highest BCUT2D eigenvalue weighted by molar-refractivity contribution is 5.71. The van der Waals surface area contributed by atoms with Crippen LogP contribution < -0.4 is 0 Å². The largest absolute Gasteiger partial charge is 0.462 e. The highest BCUT2D eigenvalue weighted by atomic mass is 16.6. The number of hydrogen-bond acceptors (Lipinski definition) is 6. The van der Waals surface area contributed by atoms with E-state index in [2.05, 4.69) is 69.4 Å². The van der Waals surface area contributed by atoms with E-state index in [9.17, 15) is 14.4 Å². The fraction of sp³-hybridized carbons (Fsp3) is 0.800. The Bertz CT molecular complexity index is 1070. The SMILES string of the molecule is CC/C=C\C/C=C\C/C=C\CCCCCCCCCC(=O)OCC(COC(=O)CCCCCCCCCCCCCC)OC(=O)CCCCCCC/C=C\CCCCCCC. The minimum atomic E-state index is -0.778. The van der Waals surface area contributed by atoms with Crippen LogP contribution in [0.15, 0.2) is 48.6 Å². The molecule has 1 unspecified atom stereocenters. The van der Waals surface area contributed by atoms with Crippen LogP contribution in [0.3, 0.4) is 0 Å². The van der Waals surface area contributed by atoms with Crippen LogP contribution in [0, 0.1) is 0 Å². The number of hydrogen-bond donors (Lipinski definition) is 0. The molecule has 0 heterocycles. The number of unbranched alkanes of at least 4 members (excludes halogenated alkanes) is 28. The number of allylic oxidation sites excluding steroid dienone is 8. The minimum absolute atomic E-state index is 0.0772. The Morgan fingerprint density at radius 2 is 0.639 bits per heavy atom. The Labute approximate surface area is 378 Å². The van der Waals surface area contributed by atoms with Crippen LogP contribution in [-0.4, -0.2) is 37.2 Å². The number of ether oxygens (including phenoxy) is 3. The second kappa shape index (κ2) is 50.0. The van der Waals surface area contributed by atoms with Gasteiger partial charge in [-0.3, -0.25) is 14.4 Å². The topological polar surface area (TPSA) is 78.9 Å². The summed E-state index contributed by atoms with van der Waals surface area (Å²) in [5.74, 6) is -0.888. The number of carbonyl (C=O) groups excluding carboxylic acids is 3. The lowest BCUT2D eigenvalue weighted by Crippen LogP contribution is -2.30. The second-order valence-electron chi connectivity index (χ2n) is 17.4. The summed E-state index contributed by atoms with van der Waals surface area (Å²) in [5, 5.41) is 0. The van der Waals surface area contributed by atoms with Crippen molar-refractivity contribution in [3.63, 3.8) is 0 Å². The molecule has 1 atom stereocenters. The zero-order chi connectivity index (χ0) is 44.4. The van der Waals surface area contributed by atoms with E-state index in [4.69, 9.17) is 14.2 Å². The molecule has 0 aromatic rings. The quantitative estimate of drug-likeness (QED) is 0.0263. The van der Waals surface area contributed by atoms with Crippen molar-refractivity contribution in [2.75, 3.05) is 13.2 Å². The molecule has 61 heavy (non-hydrogen) atoms. The molecule has 0 bridgehead atoms. The van der Waals surface area contributed by atoms with Crippen molar-refractivity contribution < 1.29 is 28.6 Å². The first-order valence-electron chi connectivity index (χ1n) is 26.1. The van der Waals surface area contributed by atoms with Gasteiger partial charge in [0.05, 0.1) is 0 Å². The third-order valence-electron chi connectivity index (χ3n) is 11.3. The van der Waals surface area contributed by atoms with Gasteiger partial charge >= 0.3 is 17.9 Å².